The third-order valence-electron chi connectivity index (χ3n) is 2.07. The lowest BCUT2D eigenvalue weighted by Crippen LogP contribution is -2.26. The zero-order valence-corrected chi connectivity index (χ0v) is 10.3. The molecule has 1 atom stereocenters. The minimum Gasteiger partial charge on any atom is -0.489 e. The SMILES string of the molecule is CCCC(CN)Oc1ccc(F)c(Br)c1. The van der Waals surface area contributed by atoms with Crippen LogP contribution in [0.5, 0.6) is 5.75 Å². The van der Waals surface area contributed by atoms with Crippen molar-refractivity contribution in [3.8, 4) is 5.75 Å². The van der Waals surface area contributed by atoms with Crippen LogP contribution in [0.15, 0.2) is 22.7 Å². The highest BCUT2D eigenvalue weighted by Crippen LogP contribution is 2.22. The third-order valence-corrected chi connectivity index (χ3v) is 2.68. The molecule has 2 nitrogen and oxygen atoms in total. The van der Waals surface area contributed by atoms with Gasteiger partial charge >= 0.3 is 0 Å². The summed E-state index contributed by atoms with van der Waals surface area (Å²) in [6, 6.07) is 4.60. The van der Waals surface area contributed by atoms with Crippen molar-refractivity contribution in [1.82, 2.24) is 0 Å². The van der Waals surface area contributed by atoms with E-state index in [2.05, 4.69) is 22.9 Å². The van der Waals surface area contributed by atoms with Gasteiger partial charge in [-0.1, -0.05) is 13.3 Å². The standard InChI is InChI=1S/C11H15BrFNO/c1-2-3-9(7-14)15-8-4-5-11(13)10(12)6-8/h4-6,9H,2-3,7,14H2,1H3. The van der Waals surface area contributed by atoms with Crippen LogP contribution >= 0.6 is 15.9 Å². The van der Waals surface area contributed by atoms with Gasteiger partial charge in [-0.2, -0.15) is 0 Å². The van der Waals surface area contributed by atoms with Gasteiger partial charge in [-0.3, -0.25) is 0 Å². The highest BCUT2D eigenvalue weighted by atomic mass is 79.9. The fourth-order valence-electron chi connectivity index (χ4n) is 1.29. The maximum atomic E-state index is 12.9. The van der Waals surface area contributed by atoms with E-state index in [1.165, 1.54) is 6.07 Å². The van der Waals surface area contributed by atoms with Gasteiger partial charge in [0.1, 0.15) is 17.7 Å². The summed E-state index contributed by atoms with van der Waals surface area (Å²) in [5.41, 5.74) is 5.56. The van der Waals surface area contributed by atoms with E-state index in [0.29, 0.717) is 16.8 Å². The second kappa shape index (κ2) is 6.08. The lowest BCUT2D eigenvalue weighted by Gasteiger charge is -2.16. The Bertz CT molecular complexity index is 319. The molecule has 1 unspecified atom stereocenters. The number of nitrogens with two attached hydrogens (primary N) is 1. The fraction of sp³-hybridized carbons (Fsp3) is 0.455. The molecule has 0 heterocycles. The number of hydrogen-bond donors (Lipinski definition) is 1. The number of halogens is 2. The predicted octanol–water partition coefficient (Wildman–Crippen LogP) is 3.09. The van der Waals surface area contributed by atoms with Crippen LogP contribution in [0.2, 0.25) is 0 Å². The summed E-state index contributed by atoms with van der Waals surface area (Å²) >= 11 is 3.11. The molecule has 0 aliphatic carbocycles. The first-order valence-corrected chi connectivity index (χ1v) is 5.78. The fourth-order valence-corrected chi connectivity index (χ4v) is 1.65. The van der Waals surface area contributed by atoms with Crippen molar-refractivity contribution in [2.24, 2.45) is 5.73 Å². The van der Waals surface area contributed by atoms with E-state index in [1.807, 2.05) is 0 Å². The van der Waals surface area contributed by atoms with Crippen molar-refractivity contribution < 1.29 is 9.13 Å². The molecule has 0 saturated carbocycles. The van der Waals surface area contributed by atoms with E-state index in [9.17, 15) is 4.39 Å². The van der Waals surface area contributed by atoms with Gasteiger partial charge in [0.15, 0.2) is 0 Å². The van der Waals surface area contributed by atoms with Gasteiger partial charge in [-0.25, -0.2) is 4.39 Å². The first kappa shape index (κ1) is 12.5. The third kappa shape index (κ3) is 3.80. The Morgan fingerprint density at radius 2 is 2.27 bits per heavy atom. The molecule has 0 amide bonds. The van der Waals surface area contributed by atoms with Crippen LogP contribution in [0.1, 0.15) is 19.8 Å². The van der Waals surface area contributed by atoms with Crippen LogP contribution in [-0.2, 0) is 0 Å². The normalized spacial score (nSPS) is 12.5. The largest absolute Gasteiger partial charge is 0.489 e. The van der Waals surface area contributed by atoms with Gasteiger partial charge < -0.3 is 10.5 Å². The van der Waals surface area contributed by atoms with Gasteiger partial charge in [-0.15, -0.1) is 0 Å². The molecule has 1 aromatic carbocycles. The van der Waals surface area contributed by atoms with E-state index in [0.717, 1.165) is 12.8 Å². The molecule has 0 fully saturated rings. The van der Waals surface area contributed by atoms with Gasteiger partial charge in [-0.05, 0) is 40.5 Å². The lowest BCUT2D eigenvalue weighted by atomic mass is 10.2. The molecule has 0 aliphatic rings. The highest BCUT2D eigenvalue weighted by molar-refractivity contribution is 9.10. The van der Waals surface area contributed by atoms with Crippen LogP contribution in [0.3, 0.4) is 0 Å². The van der Waals surface area contributed by atoms with Crippen molar-refractivity contribution >= 4 is 15.9 Å². The van der Waals surface area contributed by atoms with E-state index >= 15 is 0 Å². The Morgan fingerprint density at radius 1 is 1.53 bits per heavy atom. The van der Waals surface area contributed by atoms with Crippen LogP contribution in [0, 0.1) is 5.82 Å². The second-order valence-electron chi connectivity index (χ2n) is 3.34. The summed E-state index contributed by atoms with van der Waals surface area (Å²) in [7, 11) is 0. The van der Waals surface area contributed by atoms with Crippen LogP contribution in [0.25, 0.3) is 0 Å². The second-order valence-corrected chi connectivity index (χ2v) is 4.19. The van der Waals surface area contributed by atoms with Crippen LogP contribution in [-0.4, -0.2) is 12.6 Å². The highest BCUT2D eigenvalue weighted by Gasteiger charge is 2.08. The zero-order valence-electron chi connectivity index (χ0n) is 8.67. The first-order valence-electron chi connectivity index (χ1n) is 4.99. The molecule has 0 radical (unpaired) electrons. The maximum Gasteiger partial charge on any atom is 0.137 e. The molecule has 4 heteroatoms. The quantitative estimate of drug-likeness (QED) is 0.896. The predicted molar refractivity (Wildman–Crippen MR) is 62.5 cm³/mol. The Morgan fingerprint density at radius 3 is 2.80 bits per heavy atom. The smallest absolute Gasteiger partial charge is 0.137 e. The molecule has 15 heavy (non-hydrogen) atoms. The first-order chi connectivity index (χ1) is 7.17. The Kier molecular flexibility index (Phi) is 5.05. The minimum atomic E-state index is -0.290. The van der Waals surface area contributed by atoms with Gasteiger partial charge in [0, 0.05) is 6.54 Å². The number of rotatable bonds is 5. The molecule has 84 valence electrons. The molecule has 2 N–H and O–H groups in total. The molecule has 0 aromatic heterocycles. The zero-order chi connectivity index (χ0) is 11.3. The Balaban J connectivity index is 2.66. The summed E-state index contributed by atoms with van der Waals surface area (Å²) in [5.74, 6) is 0.356. The van der Waals surface area contributed by atoms with Gasteiger partial charge in [0.2, 0.25) is 0 Å². The van der Waals surface area contributed by atoms with Gasteiger partial charge in [0.25, 0.3) is 0 Å². The summed E-state index contributed by atoms with van der Waals surface area (Å²) < 4.78 is 19.0. The Labute approximate surface area is 97.7 Å². The van der Waals surface area contributed by atoms with E-state index in [4.69, 9.17) is 10.5 Å². The van der Waals surface area contributed by atoms with Crippen molar-refractivity contribution in [3.63, 3.8) is 0 Å². The Hall–Kier alpha value is -0.610. The van der Waals surface area contributed by atoms with Crippen molar-refractivity contribution in [3.05, 3.63) is 28.5 Å². The monoisotopic (exact) mass is 275 g/mol. The minimum absolute atomic E-state index is 0.00682. The molecule has 0 aliphatic heterocycles. The molecular formula is C11H15BrFNO. The lowest BCUT2D eigenvalue weighted by molar-refractivity contribution is 0.197. The summed E-state index contributed by atoms with van der Waals surface area (Å²) in [6.45, 7) is 2.55. The average Bonchev–Trinajstić information content (AvgIpc) is 2.23. The van der Waals surface area contributed by atoms with Gasteiger partial charge in [0.05, 0.1) is 4.47 Å². The summed E-state index contributed by atoms with van der Waals surface area (Å²) in [4.78, 5) is 0. The molecule has 1 aromatic rings. The molecule has 0 bridgehead atoms. The summed E-state index contributed by atoms with van der Waals surface area (Å²) in [6.07, 6.45) is 1.93. The van der Waals surface area contributed by atoms with E-state index in [1.54, 1.807) is 12.1 Å². The number of hydrogen-bond acceptors (Lipinski definition) is 2. The van der Waals surface area contributed by atoms with Crippen molar-refractivity contribution in [2.75, 3.05) is 6.54 Å². The number of benzene rings is 1. The van der Waals surface area contributed by atoms with Crippen LogP contribution < -0.4 is 10.5 Å². The topological polar surface area (TPSA) is 35.2 Å². The molecule has 0 spiro atoms. The maximum absolute atomic E-state index is 12.9. The number of ether oxygens (including phenoxy) is 1. The molecular weight excluding hydrogens is 261 g/mol. The van der Waals surface area contributed by atoms with Crippen molar-refractivity contribution in [2.45, 2.75) is 25.9 Å². The van der Waals surface area contributed by atoms with Crippen LogP contribution in [0.4, 0.5) is 4.39 Å². The van der Waals surface area contributed by atoms with E-state index in [-0.39, 0.29) is 11.9 Å². The van der Waals surface area contributed by atoms with Crippen molar-refractivity contribution in [1.29, 1.82) is 0 Å². The average molecular weight is 276 g/mol. The molecule has 0 saturated heterocycles. The molecule has 1 rings (SSSR count). The van der Waals surface area contributed by atoms with E-state index < -0.39 is 0 Å². The summed E-state index contributed by atoms with van der Waals surface area (Å²) in [5, 5.41) is 0.